The summed E-state index contributed by atoms with van der Waals surface area (Å²) < 4.78 is 28.7. The molecular formula is C18H24BrNO4S. The van der Waals surface area contributed by atoms with Crippen LogP contribution in [0, 0.1) is 5.92 Å². The average molecular weight is 430 g/mol. The molecule has 1 aromatic rings. The lowest BCUT2D eigenvalue weighted by molar-refractivity contribution is -0.137. The maximum absolute atomic E-state index is 12.5. The van der Waals surface area contributed by atoms with Crippen LogP contribution in [-0.4, -0.2) is 25.5 Å². The van der Waals surface area contributed by atoms with Gasteiger partial charge in [-0.15, -0.1) is 0 Å². The number of halogens is 1. The molecule has 1 aliphatic rings. The third-order valence-corrected chi connectivity index (χ3v) is 6.49. The van der Waals surface area contributed by atoms with E-state index in [0.717, 1.165) is 36.6 Å². The highest BCUT2D eigenvalue weighted by Gasteiger charge is 2.30. The fourth-order valence-electron chi connectivity index (χ4n) is 3.12. The highest BCUT2D eigenvalue weighted by atomic mass is 79.9. The van der Waals surface area contributed by atoms with E-state index < -0.39 is 16.0 Å². The summed E-state index contributed by atoms with van der Waals surface area (Å²) in [4.78, 5) is 10.7. The van der Waals surface area contributed by atoms with E-state index in [0.29, 0.717) is 12.3 Å². The largest absolute Gasteiger partial charge is 0.481 e. The Hall–Kier alpha value is -1.18. The Morgan fingerprint density at radius 3 is 2.64 bits per heavy atom. The van der Waals surface area contributed by atoms with Crippen LogP contribution in [0.4, 0.5) is 0 Å². The zero-order valence-corrected chi connectivity index (χ0v) is 16.4. The van der Waals surface area contributed by atoms with Crippen molar-refractivity contribution >= 4 is 31.9 Å². The van der Waals surface area contributed by atoms with Crippen LogP contribution < -0.4 is 4.72 Å². The third kappa shape index (κ3) is 6.56. The van der Waals surface area contributed by atoms with Crippen molar-refractivity contribution in [3.63, 3.8) is 0 Å². The first-order valence-corrected chi connectivity index (χ1v) is 10.8. The molecule has 0 saturated heterocycles. The number of sulfonamides is 1. The highest BCUT2D eigenvalue weighted by molar-refractivity contribution is 9.10. The lowest BCUT2D eigenvalue weighted by Gasteiger charge is -2.20. The molecule has 1 saturated carbocycles. The van der Waals surface area contributed by atoms with Gasteiger partial charge in [-0.25, -0.2) is 13.1 Å². The summed E-state index contributed by atoms with van der Waals surface area (Å²) in [5.41, 5.74) is 0. The number of unbranched alkanes of at least 4 members (excludes halogenated alkanes) is 1. The summed E-state index contributed by atoms with van der Waals surface area (Å²) in [6.07, 6.45) is 9.32. The molecule has 1 aromatic carbocycles. The minimum absolute atomic E-state index is 0.0442. The zero-order chi connectivity index (χ0) is 18.3. The van der Waals surface area contributed by atoms with E-state index >= 15 is 0 Å². The Balaban J connectivity index is 1.87. The topological polar surface area (TPSA) is 83.5 Å². The molecule has 0 unspecified atom stereocenters. The molecule has 0 heterocycles. The minimum Gasteiger partial charge on any atom is -0.481 e. The number of allylic oxidation sites excluding steroid dienone is 2. The van der Waals surface area contributed by atoms with Crippen molar-refractivity contribution in [1.29, 1.82) is 0 Å². The van der Waals surface area contributed by atoms with E-state index in [1.165, 1.54) is 0 Å². The summed E-state index contributed by atoms with van der Waals surface area (Å²) in [6, 6.07) is 6.59. The summed E-state index contributed by atoms with van der Waals surface area (Å²) in [5.74, 6) is -0.479. The van der Waals surface area contributed by atoms with Gasteiger partial charge in [0.2, 0.25) is 10.0 Å². The smallest absolute Gasteiger partial charge is 0.303 e. The van der Waals surface area contributed by atoms with Crippen LogP contribution in [0.5, 0.6) is 0 Å². The van der Waals surface area contributed by atoms with Crippen LogP contribution in [0.15, 0.2) is 45.8 Å². The maximum atomic E-state index is 12.5. The standard InChI is InChI=1S/C18H24BrNO4S/c19-15-10-12-16(13-11-15)25(23,24)20-17-8-5-7-14(17)6-3-1-2-4-9-18(21)22/h1,3,10-14,17,20H,2,4-9H2,(H,21,22)/t14-,17-/m0/s1. The van der Waals surface area contributed by atoms with Crippen LogP contribution in [0.3, 0.4) is 0 Å². The van der Waals surface area contributed by atoms with E-state index in [9.17, 15) is 13.2 Å². The number of benzene rings is 1. The first-order valence-electron chi connectivity index (χ1n) is 8.53. The van der Waals surface area contributed by atoms with Crippen molar-refractivity contribution in [2.45, 2.75) is 55.9 Å². The Kier molecular flexibility index (Phi) is 7.65. The van der Waals surface area contributed by atoms with E-state index in [-0.39, 0.29) is 17.4 Å². The van der Waals surface area contributed by atoms with Gasteiger partial charge in [0, 0.05) is 16.9 Å². The Bertz CT molecular complexity index is 700. The molecule has 0 radical (unpaired) electrons. The summed E-state index contributed by atoms with van der Waals surface area (Å²) in [6.45, 7) is 0. The minimum atomic E-state index is -3.50. The van der Waals surface area contributed by atoms with Gasteiger partial charge in [0.15, 0.2) is 0 Å². The van der Waals surface area contributed by atoms with Gasteiger partial charge >= 0.3 is 5.97 Å². The molecule has 2 N–H and O–H groups in total. The summed E-state index contributed by atoms with van der Waals surface area (Å²) >= 11 is 3.31. The zero-order valence-electron chi connectivity index (χ0n) is 14.0. The number of carboxylic acid groups (broad SMARTS) is 1. The van der Waals surface area contributed by atoms with Gasteiger partial charge in [-0.3, -0.25) is 4.79 Å². The number of hydrogen-bond donors (Lipinski definition) is 2. The molecule has 0 amide bonds. The number of nitrogens with one attached hydrogen (secondary N) is 1. The molecule has 1 aliphatic carbocycles. The predicted molar refractivity (Wildman–Crippen MR) is 101 cm³/mol. The van der Waals surface area contributed by atoms with E-state index in [1.54, 1.807) is 24.3 Å². The van der Waals surface area contributed by atoms with E-state index in [4.69, 9.17) is 5.11 Å². The Morgan fingerprint density at radius 1 is 1.24 bits per heavy atom. The fraction of sp³-hybridized carbons (Fsp3) is 0.500. The number of rotatable bonds is 9. The second-order valence-electron chi connectivity index (χ2n) is 6.37. The number of carbonyl (C=O) groups is 1. The first kappa shape index (κ1) is 20.1. The number of hydrogen-bond acceptors (Lipinski definition) is 3. The number of carboxylic acids is 1. The van der Waals surface area contributed by atoms with Crippen LogP contribution in [-0.2, 0) is 14.8 Å². The van der Waals surface area contributed by atoms with Gasteiger partial charge < -0.3 is 5.11 Å². The maximum Gasteiger partial charge on any atom is 0.303 e. The lowest BCUT2D eigenvalue weighted by atomic mass is 10.00. The first-order chi connectivity index (χ1) is 11.9. The molecule has 138 valence electrons. The molecule has 0 aromatic heterocycles. The van der Waals surface area contributed by atoms with Gasteiger partial charge in [-0.05, 0) is 62.3 Å². The fourth-order valence-corrected chi connectivity index (χ4v) is 4.72. The van der Waals surface area contributed by atoms with E-state index in [2.05, 4.69) is 26.7 Å². The SMILES string of the molecule is O=C(O)CCCC=CC[C@H]1CCC[C@@H]1NS(=O)(=O)c1ccc(Br)cc1. The van der Waals surface area contributed by atoms with E-state index in [1.807, 2.05) is 6.08 Å². The normalized spacial score (nSPS) is 21.0. The van der Waals surface area contributed by atoms with Gasteiger partial charge in [0.1, 0.15) is 0 Å². The van der Waals surface area contributed by atoms with Gasteiger partial charge in [-0.1, -0.05) is 34.5 Å². The summed E-state index contributed by atoms with van der Waals surface area (Å²) in [7, 11) is -3.50. The third-order valence-electron chi connectivity index (χ3n) is 4.46. The number of aliphatic carboxylic acids is 1. The van der Waals surface area contributed by atoms with Crippen LogP contribution in [0.2, 0.25) is 0 Å². The second-order valence-corrected chi connectivity index (χ2v) is 9.00. The molecule has 0 bridgehead atoms. The molecule has 1 fully saturated rings. The molecule has 5 nitrogen and oxygen atoms in total. The Morgan fingerprint density at radius 2 is 1.96 bits per heavy atom. The van der Waals surface area contributed by atoms with Gasteiger partial charge in [0.05, 0.1) is 4.90 Å². The van der Waals surface area contributed by atoms with Crippen molar-refractivity contribution in [1.82, 2.24) is 4.72 Å². The van der Waals surface area contributed by atoms with Crippen molar-refractivity contribution in [2.75, 3.05) is 0 Å². The molecule has 0 aliphatic heterocycles. The molecule has 7 heteroatoms. The lowest BCUT2D eigenvalue weighted by Crippen LogP contribution is -2.37. The van der Waals surface area contributed by atoms with Gasteiger partial charge in [-0.2, -0.15) is 0 Å². The van der Waals surface area contributed by atoms with Crippen LogP contribution >= 0.6 is 15.9 Å². The highest BCUT2D eigenvalue weighted by Crippen LogP contribution is 2.30. The van der Waals surface area contributed by atoms with Crippen molar-refractivity contribution in [3.8, 4) is 0 Å². The Labute approximate surface area is 157 Å². The van der Waals surface area contributed by atoms with Gasteiger partial charge in [0.25, 0.3) is 0 Å². The molecule has 2 rings (SSSR count). The average Bonchev–Trinajstić information content (AvgIpc) is 2.97. The second kappa shape index (κ2) is 9.50. The van der Waals surface area contributed by atoms with Crippen molar-refractivity contribution in [3.05, 3.63) is 40.9 Å². The van der Waals surface area contributed by atoms with Crippen molar-refractivity contribution < 1.29 is 18.3 Å². The van der Waals surface area contributed by atoms with Crippen LogP contribution in [0.1, 0.15) is 44.9 Å². The van der Waals surface area contributed by atoms with Crippen molar-refractivity contribution in [2.24, 2.45) is 5.92 Å². The predicted octanol–water partition coefficient (Wildman–Crippen LogP) is 4.10. The molecule has 25 heavy (non-hydrogen) atoms. The molecule has 0 spiro atoms. The molecular weight excluding hydrogens is 406 g/mol. The summed E-state index contributed by atoms with van der Waals surface area (Å²) in [5, 5.41) is 8.60. The monoisotopic (exact) mass is 429 g/mol. The molecule has 2 atom stereocenters. The quantitative estimate of drug-likeness (QED) is 0.457. The van der Waals surface area contributed by atoms with Crippen LogP contribution in [0.25, 0.3) is 0 Å².